The van der Waals surface area contributed by atoms with Crippen LogP contribution in [0.1, 0.15) is 23.1 Å². The Morgan fingerprint density at radius 2 is 1.65 bits per heavy atom. The van der Waals surface area contributed by atoms with Crippen LogP contribution in [-0.4, -0.2) is 48.9 Å². The van der Waals surface area contributed by atoms with Gasteiger partial charge in [0.15, 0.2) is 0 Å². The first kappa shape index (κ1) is 20.7. The molecule has 0 aliphatic heterocycles. The van der Waals surface area contributed by atoms with Gasteiger partial charge in [0, 0.05) is 42.5 Å². The molecule has 0 aliphatic carbocycles. The Balaban J connectivity index is 1.45. The number of hydrogen-bond acceptors (Lipinski definition) is 5. The van der Waals surface area contributed by atoms with Gasteiger partial charge in [0.1, 0.15) is 5.82 Å². The van der Waals surface area contributed by atoms with Crippen molar-refractivity contribution >= 4 is 17.5 Å². The van der Waals surface area contributed by atoms with E-state index >= 15 is 0 Å². The van der Waals surface area contributed by atoms with Gasteiger partial charge in [0.25, 0.3) is 5.91 Å². The van der Waals surface area contributed by atoms with E-state index in [2.05, 4.69) is 20.2 Å². The standard InChI is InChI=1S/C23H21ClN6O/c1-2-29(23(31)20-5-3-4-6-21(20)30-27-12-13-28-30)14-11-22-25-15-18(16-26-22)17-7-9-19(24)10-8-17/h3-10,12-13,15-16H,2,11,14H2,1H3. The van der Waals surface area contributed by atoms with E-state index < -0.39 is 0 Å². The molecule has 0 aliphatic rings. The molecule has 4 aromatic rings. The third-order valence-electron chi connectivity index (χ3n) is 4.93. The van der Waals surface area contributed by atoms with Gasteiger partial charge in [-0.3, -0.25) is 4.79 Å². The molecule has 7 nitrogen and oxygen atoms in total. The number of hydrogen-bond donors (Lipinski definition) is 0. The van der Waals surface area contributed by atoms with E-state index in [0.717, 1.165) is 11.1 Å². The summed E-state index contributed by atoms with van der Waals surface area (Å²) in [5.74, 6) is 0.610. The molecule has 0 saturated heterocycles. The number of benzene rings is 2. The summed E-state index contributed by atoms with van der Waals surface area (Å²) in [6, 6.07) is 14.9. The molecule has 2 aromatic heterocycles. The molecule has 8 heteroatoms. The normalized spacial score (nSPS) is 10.8. The number of aromatic nitrogens is 5. The number of carbonyl (C=O) groups is 1. The van der Waals surface area contributed by atoms with E-state index in [4.69, 9.17) is 11.6 Å². The molecule has 0 N–H and O–H groups in total. The molecule has 1 amide bonds. The highest BCUT2D eigenvalue weighted by Crippen LogP contribution is 2.20. The summed E-state index contributed by atoms with van der Waals surface area (Å²) >= 11 is 5.95. The SMILES string of the molecule is CCN(CCc1ncc(-c2ccc(Cl)cc2)cn1)C(=O)c1ccccc1-n1nccn1. The van der Waals surface area contributed by atoms with Crippen LogP contribution in [0.25, 0.3) is 16.8 Å². The molecule has 0 unspecified atom stereocenters. The second-order valence-corrected chi connectivity index (χ2v) is 7.30. The maximum absolute atomic E-state index is 13.2. The van der Waals surface area contributed by atoms with E-state index in [1.807, 2.05) is 49.4 Å². The summed E-state index contributed by atoms with van der Waals surface area (Å²) in [5.41, 5.74) is 3.13. The Hall–Kier alpha value is -3.58. The van der Waals surface area contributed by atoms with Gasteiger partial charge in [-0.15, -0.1) is 0 Å². The lowest BCUT2D eigenvalue weighted by atomic mass is 10.1. The van der Waals surface area contributed by atoms with Crippen LogP contribution in [0.5, 0.6) is 0 Å². The molecule has 0 spiro atoms. The highest BCUT2D eigenvalue weighted by Gasteiger charge is 2.19. The Labute approximate surface area is 185 Å². The maximum Gasteiger partial charge on any atom is 0.256 e. The van der Waals surface area contributed by atoms with Crippen molar-refractivity contribution in [1.82, 2.24) is 29.9 Å². The number of nitrogens with zero attached hydrogens (tertiary/aromatic N) is 6. The molecule has 4 rings (SSSR count). The summed E-state index contributed by atoms with van der Waals surface area (Å²) in [4.78, 5) is 25.4. The van der Waals surface area contributed by atoms with Crippen LogP contribution in [0.15, 0.2) is 73.3 Å². The van der Waals surface area contributed by atoms with Crippen molar-refractivity contribution in [2.24, 2.45) is 0 Å². The average molecular weight is 433 g/mol. The van der Waals surface area contributed by atoms with Gasteiger partial charge in [0.2, 0.25) is 0 Å². The summed E-state index contributed by atoms with van der Waals surface area (Å²) in [7, 11) is 0. The molecule has 2 aromatic carbocycles. The largest absolute Gasteiger partial charge is 0.338 e. The van der Waals surface area contributed by atoms with Gasteiger partial charge in [-0.1, -0.05) is 35.9 Å². The van der Waals surface area contributed by atoms with Gasteiger partial charge in [-0.25, -0.2) is 9.97 Å². The first-order valence-electron chi connectivity index (χ1n) is 9.97. The molecule has 31 heavy (non-hydrogen) atoms. The van der Waals surface area contributed by atoms with Gasteiger partial charge < -0.3 is 4.90 Å². The van der Waals surface area contributed by atoms with Crippen molar-refractivity contribution in [3.63, 3.8) is 0 Å². The van der Waals surface area contributed by atoms with E-state index in [0.29, 0.717) is 41.6 Å². The summed E-state index contributed by atoms with van der Waals surface area (Å²) < 4.78 is 0. The molecule has 0 atom stereocenters. The highest BCUT2D eigenvalue weighted by molar-refractivity contribution is 6.30. The second-order valence-electron chi connectivity index (χ2n) is 6.87. The molecule has 2 heterocycles. The van der Waals surface area contributed by atoms with Crippen molar-refractivity contribution in [2.75, 3.05) is 13.1 Å². The zero-order chi connectivity index (χ0) is 21.6. The summed E-state index contributed by atoms with van der Waals surface area (Å²) in [5, 5.41) is 9.00. The molecule has 0 fully saturated rings. The highest BCUT2D eigenvalue weighted by atomic mass is 35.5. The monoisotopic (exact) mass is 432 g/mol. The van der Waals surface area contributed by atoms with Crippen LogP contribution in [0.2, 0.25) is 5.02 Å². The van der Waals surface area contributed by atoms with E-state index in [1.165, 1.54) is 4.80 Å². The van der Waals surface area contributed by atoms with Crippen LogP contribution in [-0.2, 0) is 6.42 Å². The van der Waals surface area contributed by atoms with Crippen LogP contribution in [0, 0.1) is 0 Å². The van der Waals surface area contributed by atoms with Gasteiger partial charge in [0.05, 0.1) is 23.6 Å². The minimum atomic E-state index is -0.0758. The van der Waals surface area contributed by atoms with Crippen molar-refractivity contribution in [3.05, 3.63) is 89.7 Å². The quantitative estimate of drug-likeness (QED) is 0.439. The molecule has 0 saturated carbocycles. The second kappa shape index (κ2) is 9.49. The Kier molecular flexibility index (Phi) is 6.33. The van der Waals surface area contributed by atoms with Crippen molar-refractivity contribution in [3.8, 4) is 16.8 Å². The average Bonchev–Trinajstić information content (AvgIpc) is 3.35. The number of para-hydroxylation sites is 1. The fraction of sp³-hybridized carbons (Fsp3) is 0.174. The predicted octanol–water partition coefficient (Wildman–Crippen LogP) is 4.08. The Morgan fingerprint density at radius 3 is 2.32 bits per heavy atom. The van der Waals surface area contributed by atoms with Crippen LogP contribution in [0.4, 0.5) is 0 Å². The number of rotatable bonds is 7. The lowest BCUT2D eigenvalue weighted by Gasteiger charge is -2.21. The third kappa shape index (κ3) is 4.78. The van der Waals surface area contributed by atoms with Gasteiger partial charge >= 0.3 is 0 Å². The lowest BCUT2D eigenvalue weighted by molar-refractivity contribution is 0.0765. The molecule has 0 radical (unpaired) electrons. The molecule has 0 bridgehead atoms. The smallest absolute Gasteiger partial charge is 0.256 e. The minimum Gasteiger partial charge on any atom is -0.338 e. The van der Waals surface area contributed by atoms with Crippen LogP contribution < -0.4 is 0 Å². The first-order chi connectivity index (χ1) is 15.2. The third-order valence-corrected chi connectivity index (χ3v) is 5.18. The van der Waals surface area contributed by atoms with Crippen molar-refractivity contribution in [1.29, 1.82) is 0 Å². The molecular weight excluding hydrogens is 412 g/mol. The number of likely N-dealkylation sites (N-methyl/N-ethyl adjacent to an activating group) is 1. The Morgan fingerprint density at radius 1 is 0.968 bits per heavy atom. The molecule has 156 valence electrons. The van der Waals surface area contributed by atoms with E-state index in [9.17, 15) is 4.79 Å². The van der Waals surface area contributed by atoms with Gasteiger partial charge in [-0.2, -0.15) is 15.0 Å². The zero-order valence-corrected chi connectivity index (χ0v) is 17.8. The summed E-state index contributed by atoms with van der Waals surface area (Å²) in [6.07, 6.45) is 7.32. The minimum absolute atomic E-state index is 0.0758. The summed E-state index contributed by atoms with van der Waals surface area (Å²) in [6.45, 7) is 3.04. The number of amides is 1. The van der Waals surface area contributed by atoms with Crippen LogP contribution in [0.3, 0.4) is 0 Å². The first-order valence-corrected chi connectivity index (χ1v) is 10.4. The van der Waals surface area contributed by atoms with E-state index in [1.54, 1.807) is 35.8 Å². The maximum atomic E-state index is 13.2. The zero-order valence-electron chi connectivity index (χ0n) is 17.0. The van der Waals surface area contributed by atoms with Crippen LogP contribution >= 0.6 is 11.6 Å². The van der Waals surface area contributed by atoms with Gasteiger partial charge in [-0.05, 0) is 36.8 Å². The van der Waals surface area contributed by atoms with Crippen molar-refractivity contribution in [2.45, 2.75) is 13.3 Å². The topological polar surface area (TPSA) is 76.8 Å². The van der Waals surface area contributed by atoms with E-state index in [-0.39, 0.29) is 5.91 Å². The fourth-order valence-electron chi connectivity index (χ4n) is 3.25. The lowest BCUT2D eigenvalue weighted by Crippen LogP contribution is -2.33. The molecular formula is C23H21ClN6O. The number of carbonyl (C=O) groups excluding carboxylic acids is 1. The fourth-order valence-corrected chi connectivity index (χ4v) is 3.38. The number of halogens is 1. The predicted molar refractivity (Wildman–Crippen MR) is 119 cm³/mol. The Bertz CT molecular complexity index is 1140. The van der Waals surface area contributed by atoms with Crippen molar-refractivity contribution < 1.29 is 4.79 Å².